The van der Waals surface area contributed by atoms with Gasteiger partial charge in [-0.05, 0) is 85.1 Å². The summed E-state index contributed by atoms with van der Waals surface area (Å²) in [6, 6.07) is 14.4. The number of thioether (sulfide) groups is 1. The van der Waals surface area contributed by atoms with E-state index in [0.29, 0.717) is 11.7 Å². The fourth-order valence-electron chi connectivity index (χ4n) is 4.10. The summed E-state index contributed by atoms with van der Waals surface area (Å²) in [7, 11) is 1.67. The van der Waals surface area contributed by atoms with Crippen LogP contribution in [0.4, 0.5) is 0 Å². The summed E-state index contributed by atoms with van der Waals surface area (Å²) in [5, 5.41) is 15.8. The van der Waals surface area contributed by atoms with Gasteiger partial charge in [-0.1, -0.05) is 36.0 Å². The van der Waals surface area contributed by atoms with Gasteiger partial charge in [0.25, 0.3) is 0 Å². The third-order valence-electron chi connectivity index (χ3n) is 5.94. The van der Waals surface area contributed by atoms with Gasteiger partial charge < -0.3 is 10.1 Å². The van der Waals surface area contributed by atoms with Crippen LogP contribution in [0.1, 0.15) is 35.6 Å². The van der Waals surface area contributed by atoms with Crippen molar-refractivity contribution < 1.29 is 9.53 Å². The minimum atomic E-state index is -0.0341. The van der Waals surface area contributed by atoms with Gasteiger partial charge in [0.1, 0.15) is 5.75 Å². The van der Waals surface area contributed by atoms with Gasteiger partial charge in [0.15, 0.2) is 0 Å². The molecule has 1 amide bonds. The van der Waals surface area contributed by atoms with E-state index in [2.05, 4.69) is 43.9 Å². The lowest BCUT2D eigenvalue weighted by molar-refractivity contribution is -0.118. The molecule has 1 fully saturated rings. The molecule has 1 aliphatic heterocycles. The predicted molar refractivity (Wildman–Crippen MR) is 129 cm³/mol. The van der Waals surface area contributed by atoms with Crippen LogP contribution in [-0.2, 0) is 4.79 Å². The van der Waals surface area contributed by atoms with E-state index in [0.717, 1.165) is 35.7 Å². The molecular weight excluding hydrogens is 436 g/mol. The molecule has 1 unspecified atom stereocenters. The van der Waals surface area contributed by atoms with Gasteiger partial charge in [0, 0.05) is 6.54 Å². The normalized spacial score (nSPS) is 14.9. The second kappa shape index (κ2) is 10.8. The van der Waals surface area contributed by atoms with Gasteiger partial charge in [-0.2, -0.15) is 4.68 Å². The number of aromatic nitrogens is 4. The summed E-state index contributed by atoms with van der Waals surface area (Å²) in [4.78, 5) is 15.2. The Morgan fingerprint density at radius 3 is 2.64 bits per heavy atom. The Balaban J connectivity index is 1.38. The minimum Gasteiger partial charge on any atom is -0.497 e. The number of carbonyl (C=O) groups is 1. The molecule has 0 aliphatic carbocycles. The van der Waals surface area contributed by atoms with Crippen LogP contribution in [0.3, 0.4) is 0 Å². The third kappa shape index (κ3) is 5.72. The topological polar surface area (TPSA) is 85.2 Å². The Morgan fingerprint density at radius 1 is 1.15 bits per heavy atom. The Bertz CT molecular complexity index is 1080. The maximum atomic E-state index is 12.7. The second-order valence-electron chi connectivity index (χ2n) is 8.29. The first-order valence-corrected chi connectivity index (χ1v) is 12.2. The summed E-state index contributed by atoms with van der Waals surface area (Å²) in [5.74, 6) is 1.05. The number of amides is 1. The molecule has 9 heteroatoms. The Morgan fingerprint density at radius 2 is 1.91 bits per heavy atom. The SMILES string of the molecule is COc1ccc(C(CNC(=O)CSc2nnnn2-c2cc(C)ccc2C)N2CCCC2)cc1. The van der Waals surface area contributed by atoms with Crippen molar-refractivity contribution in [3.63, 3.8) is 0 Å². The van der Waals surface area contributed by atoms with Crippen molar-refractivity contribution in [2.45, 2.75) is 37.9 Å². The van der Waals surface area contributed by atoms with Crippen molar-refractivity contribution >= 4 is 17.7 Å². The molecule has 0 radical (unpaired) electrons. The summed E-state index contributed by atoms with van der Waals surface area (Å²) in [6.45, 7) is 6.72. The standard InChI is InChI=1S/C24H30N6O2S/c1-17-6-7-18(2)21(14-17)30-24(26-27-28-30)33-16-23(31)25-15-22(29-12-4-5-13-29)19-8-10-20(32-3)11-9-19/h6-11,14,22H,4-5,12-13,15-16H2,1-3H3,(H,25,31). The molecule has 2 aromatic carbocycles. The van der Waals surface area contributed by atoms with Crippen LogP contribution in [-0.4, -0.2) is 63.5 Å². The molecule has 0 saturated carbocycles. The Labute approximate surface area is 198 Å². The highest BCUT2D eigenvalue weighted by molar-refractivity contribution is 7.99. The van der Waals surface area contributed by atoms with E-state index in [4.69, 9.17) is 4.74 Å². The fraction of sp³-hybridized carbons (Fsp3) is 0.417. The predicted octanol–water partition coefficient (Wildman–Crippen LogP) is 3.33. The van der Waals surface area contributed by atoms with Gasteiger partial charge in [-0.15, -0.1) is 5.10 Å². The van der Waals surface area contributed by atoms with Crippen LogP contribution in [0.25, 0.3) is 5.69 Å². The van der Waals surface area contributed by atoms with Crippen molar-refractivity contribution in [1.29, 1.82) is 0 Å². The van der Waals surface area contributed by atoms with Gasteiger partial charge in [-0.3, -0.25) is 9.69 Å². The highest BCUT2D eigenvalue weighted by Crippen LogP contribution is 2.26. The number of nitrogens with zero attached hydrogens (tertiary/aromatic N) is 5. The fourth-order valence-corrected chi connectivity index (χ4v) is 4.81. The molecule has 174 valence electrons. The molecule has 1 atom stereocenters. The molecule has 1 aromatic heterocycles. The summed E-state index contributed by atoms with van der Waals surface area (Å²) in [5.41, 5.74) is 4.32. The van der Waals surface area contributed by atoms with Crippen molar-refractivity contribution in [2.24, 2.45) is 0 Å². The van der Waals surface area contributed by atoms with Crippen molar-refractivity contribution in [1.82, 2.24) is 30.4 Å². The number of hydrogen-bond acceptors (Lipinski definition) is 7. The number of methoxy groups -OCH3 is 1. The number of benzene rings is 2. The molecule has 1 saturated heterocycles. The number of tetrazole rings is 1. The second-order valence-corrected chi connectivity index (χ2v) is 9.23. The van der Waals surface area contributed by atoms with Gasteiger partial charge in [0.2, 0.25) is 11.1 Å². The first-order valence-electron chi connectivity index (χ1n) is 11.2. The Kier molecular flexibility index (Phi) is 7.61. The van der Waals surface area contributed by atoms with Crippen molar-refractivity contribution in [3.8, 4) is 11.4 Å². The monoisotopic (exact) mass is 466 g/mol. The lowest BCUT2D eigenvalue weighted by atomic mass is 10.1. The van der Waals surface area contributed by atoms with Gasteiger partial charge >= 0.3 is 0 Å². The lowest BCUT2D eigenvalue weighted by Gasteiger charge is -2.28. The van der Waals surface area contributed by atoms with Crippen LogP contribution in [0.5, 0.6) is 5.75 Å². The number of likely N-dealkylation sites (tertiary alicyclic amines) is 1. The first-order chi connectivity index (χ1) is 16.0. The molecule has 3 aromatic rings. The van der Waals surface area contributed by atoms with Crippen LogP contribution in [0.2, 0.25) is 0 Å². The number of nitrogens with one attached hydrogen (secondary N) is 1. The van der Waals surface area contributed by atoms with E-state index in [1.54, 1.807) is 11.8 Å². The van der Waals surface area contributed by atoms with E-state index in [1.165, 1.54) is 30.2 Å². The zero-order valence-corrected chi connectivity index (χ0v) is 20.1. The molecule has 4 rings (SSSR count). The number of ether oxygens (including phenoxy) is 1. The quantitative estimate of drug-likeness (QED) is 0.484. The number of rotatable bonds is 9. The molecule has 33 heavy (non-hydrogen) atoms. The smallest absolute Gasteiger partial charge is 0.230 e. The van der Waals surface area contributed by atoms with E-state index in [-0.39, 0.29) is 17.7 Å². The van der Waals surface area contributed by atoms with E-state index >= 15 is 0 Å². The molecule has 0 spiro atoms. The van der Waals surface area contributed by atoms with Gasteiger partial charge in [-0.25, -0.2) is 0 Å². The highest BCUT2D eigenvalue weighted by atomic mass is 32.2. The van der Waals surface area contributed by atoms with Crippen LogP contribution in [0, 0.1) is 13.8 Å². The zero-order chi connectivity index (χ0) is 23.2. The van der Waals surface area contributed by atoms with Gasteiger partial charge in [0.05, 0.1) is 24.6 Å². The summed E-state index contributed by atoms with van der Waals surface area (Å²) >= 11 is 1.34. The molecule has 1 N–H and O–H groups in total. The average Bonchev–Trinajstić information content (AvgIpc) is 3.52. The van der Waals surface area contributed by atoms with E-state index in [1.807, 2.05) is 38.1 Å². The van der Waals surface area contributed by atoms with Crippen LogP contribution >= 0.6 is 11.8 Å². The molecule has 0 bridgehead atoms. The Hall–Kier alpha value is -2.91. The minimum absolute atomic E-state index is 0.0341. The number of hydrogen-bond donors (Lipinski definition) is 1. The van der Waals surface area contributed by atoms with Crippen LogP contribution < -0.4 is 10.1 Å². The number of aryl methyl sites for hydroxylation is 2. The van der Waals surface area contributed by atoms with Crippen molar-refractivity contribution in [3.05, 3.63) is 59.2 Å². The maximum absolute atomic E-state index is 12.7. The average molecular weight is 467 g/mol. The number of carbonyl (C=O) groups excluding carboxylic acids is 1. The molecule has 1 aliphatic rings. The first kappa shape index (κ1) is 23.3. The van der Waals surface area contributed by atoms with Crippen LogP contribution in [0.15, 0.2) is 47.6 Å². The third-order valence-corrected chi connectivity index (χ3v) is 6.86. The largest absolute Gasteiger partial charge is 0.497 e. The van der Waals surface area contributed by atoms with E-state index < -0.39 is 0 Å². The summed E-state index contributed by atoms with van der Waals surface area (Å²) < 4.78 is 6.99. The maximum Gasteiger partial charge on any atom is 0.230 e. The molecule has 2 heterocycles. The molecule has 8 nitrogen and oxygen atoms in total. The van der Waals surface area contributed by atoms with E-state index in [9.17, 15) is 4.79 Å². The molecular formula is C24H30N6O2S. The lowest BCUT2D eigenvalue weighted by Crippen LogP contribution is -2.37. The van der Waals surface area contributed by atoms with Crippen molar-refractivity contribution in [2.75, 3.05) is 32.5 Å². The zero-order valence-electron chi connectivity index (χ0n) is 19.3. The summed E-state index contributed by atoms with van der Waals surface area (Å²) in [6.07, 6.45) is 2.38. The highest BCUT2D eigenvalue weighted by Gasteiger charge is 2.24.